The molecule has 0 heterocycles. The first kappa shape index (κ1) is 17.3. The fourth-order valence-electron chi connectivity index (χ4n) is 1.97. The van der Waals surface area contributed by atoms with E-state index in [2.05, 4.69) is 10.1 Å². The van der Waals surface area contributed by atoms with Crippen LogP contribution in [0.1, 0.15) is 17.3 Å². The summed E-state index contributed by atoms with van der Waals surface area (Å²) in [6.07, 6.45) is 0. The lowest BCUT2D eigenvalue weighted by molar-refractivity contribution is -0.142. The van der Waals surface area contributed by atoms with Crippen molar-refractivity contribution >= 4 is 11.9 Å². The molecule has 126 valence electrons. The predicted molar refractivity (Wildman–Crippen MR) is 88.5 cm³/mol. The van der Waals surface area contributed by atoms with Crippen molar-refractivity contribution in [3.63, 3.8) is 0 Å². The van der Waals surface area contributed by atoms with Crippen molar-refractivity contribution in [2.45, 2.75) is 13.0 Å². The van der Waals surface area contributed by atoms with E-state index in [-0.39, 0.29) is 5.91 Å². The van der Waals surface area contributed by atoms with Gasteiger partial charge in [0.2, 0.25) is 0 Å². The van der Waals surface area contributed by atoms with Gasteiger partial charge in [0.1, 0.15) is 23.3 Å². The second-order valence-corrected chi connectivity index (χ2v) is 5.02. The fourth-order valence-corrected chi connectivity index (χ4v) is 1.97. The second kappa shape index (κ2) is 8.01. The molecule has 0 aliphatic rings. The topological polar surface area (TPSA) is 73.9 Å². The van der Waals surface area contributed by atoms with E-state index in [0.29, 0.717) is 17.1 Å². The van der Waals surface area contributed by atoms with Crippen LogP contribution in [0.15, 0.2) is 48.5 Å². The van der Waals surface area contributed by atoms with Crippen LogP contribution in [0.2, 0.25) is 0 Å². The molecule has 0 unspecified atom stereocenters. The number of hydrogen-bond acceptors (Lipinski definition) is 5. The van der Waals surface area contributed by atoms with Crippen LogP contribution in [0.3, 0.4) is 0 Å². The van der Waals surface area contributed by atoms with Crippen LogP contribution in [0.4, 0.5) is 0 Å². The van der Waals surface area contributed by atoms with Crippen molar-refractivity contribution in [2.75, 3.05) is 14.2 Å². The molecule has 0 aromatic heterocycles. The number of hydrogen-bond donors (Lipinski definition) is 1. The summed E-state index contributed by atoms with van der Waals surface area (Å²) < 4.78 is 15.3. The van der Waals surface area contributed by atoms with Crippen molar-refractivity contribution in [1.29, 1.82) is 0 Å². The van der Waals surface area contributed by atoms with Gasteiger partial charge in [-0.15, -0.1) is 0 Å². The normalized spacial score (nSPS) is 11.3. The minimum absolute atomic E-state index is 0.358. The van der Waals surface area contributed by atoms with Crippen LogP contribution in [-0.4, -0.2) is 32.1 Å². The van der Waals surface area contributed by atoms with E-state index in [0.717, 1.165) is 5.75 Å². The molecule has 0 bridgehead atoms. The van der Waals surface area contributed by atoms with E-state index < -0.39 is 12.0 Å². The smallest absolute Gasteiger partial charge is 0.328 e. The van der Waals surface area contributed by atoms with Gasteiger partial charge in [-0.25, -0.2) is 4.79 Å². The Bertz CT molecular complexity index is 694. The van der Waals surface area contributed by atoms with Gasteiger partial charge in [-0.3, -0.25) is 4.79 Å². The number of benzene rings is 2. The summed E-state index contributed by atoms with van der Waals surface area (Å²) in [6.45, 7) is 1.56. The molecule has 0 saturated carbocycles. The summed E-state index contributed by atoms with van der Waals surface area (Å²) in [5.74, 6) is 1.14. The molecule has 24 heavy (non-hydrogen) atoms. The summed E-state index contributed by atoms with van der Waals surface area (Å²) in [6, 6.07) is 13.1. The fraction of sp³-hybridized carbons (Fsp3) is 0.222. The van der Waals surface area contributed by atoms with Crippen LogP contribution in [0.5, 0.6) is 17.2 Å². The molecule has 1 atom stereocenters. The zero-order valence-electron chi connectivity index (χ0n) is 13.7. The maximum atomic E-state index is 12.0. The van der Waals surface area contributed by atoms with E-state index in [4.69, 9.17) is 9.47 Å². The summed E-state index contributed by atoms with van der Waals surface area (Å²) in [5.41, 5.74) is 0.424. The average Bonchev–Trinajstić information content (AvgIpc) is 2.62. The van der Waals surface area contributed by atoms with Crippen LogP contribution in [0, 0.1) is 0 Å². The van der Waals surface area contributed by atoms with Crippen molar-refractivity contribution in [1.82, 2.24) is 5.32 Å². The first-order valence-electron chi connectivity index (χ1n) is 7.34. The summed E-state index contributed by atoms with van der Waals surface area (Å²) in [4.78, 5) is 23.4. The highest BCUT2D eigenvalue weighted by atomic mass is 16.5. The minimum atomic E-state index is -0.710. The summed E-state index contributed by atoms with van der Waals surface area (Å²) in [5, 5.41) is 2.56. The maximum Gasteiger partial charge on any atom is 0.328 e. The number of carbonyl (C=O) groups excluding carboxylic acids is 2. The lowest BCUT2D eigenvalue weighted by atomic mass is 10.2. The Morgan fingerprint density at radius 1 is 0.875 bits per heavy atom. The number of ether oxygens (including phenoxy) is 3. The quantitative estimate of drug-likeness (QED) is 0.825. The molecule has 6 heteroatoms. The number of carbonyl (C=O) groups is 2. The monoisotopic (exact) mass is 329 g/mol. The molecule has 1 N–H and O–H groups in total. The molecule has 0 aliphatic carbocycles. The first-order valence-corrected chi connectivity index (χ1v) is 7.34. The Morgan fingerprint density at radius 2 is 1.38 bits per heavy atom. The van der Waals surface area contributed by atoms with Gasteiger partial charge in [-0.1, -0.05) is 0 Å². The van der Waals surface area contributed by atoms with Crippen molar-refractivity contribution in [3.8, 4) is 17.2 Å². The zero-order valence-corrected chi connectivity index (χ0v) is 13.7. The van der Waals surface area contributed by atoms with E-state index in [1.165, 1.54) is 7.11 Å². The molecule has 6 nitrogen and oxygen atoms in total. The average molecular weight is 329 g/mol. The van der Waals surface area contributed by atoms with E-state index in [1.54, 1.807) is 62.6 Å². The molecule has 0 fully saturated rings. The molecule has 2 aromatic rings. The number of amides is 1. The predicted octanol–water partition coefficient (Wildman–Crippen LogP) is 2.78. The first-order chi connectivity index (χ1) is 11.5. The Balaban J connectivity index is 1.99. The lowest BCUT2D eigenvalue weighted by Gasteiger charge is -2.12. The lowest BCUT2D eigenvalue weighted by Crippen LogP contribution is -2.39. The SMILES string of the molecule is COC(=O)[C@@H](C)NC(=O)c1ccc(Oc2ccc(OC)cc2)cc1. The highest BCUT2D eigenvalue weighted by Crippen LogP contribution is 2.24. The molecule has 0 spiro atoms. The van der Waals surface area contributed by atoms with Gasteiger partial charge < -0.3 is 19.5 Å². The second-order valence-electron chi connectivity index (χ2n) is 5.02. The highest BCUT2D eigenvalue weighted by molar-refractivity contribution is 5.96. The third-order valence-corrected chi connectivity index (χ3v) is 3.31. The number of rotatable bonds is 6. The van der Waals surface area contributed by atoms with Crippen molar-refractivity contribution < 1.29 is 23.8 Å². The van der Waals surface area contributed by atoms with Gasteiger partial charge in [0.15, 0.2) is 0 Å². The zero-order chi connectivity index (χ0) is 17.5. The molecule has 2 rings (SSSR count). The van der Waals surface area contributed by atoms with Crippen LogP contribution in [-0.2, 0) is 9.53 Å². The molecular weight excluding hydrogens is 310 g/mol. The van der Waals surface area contributed by atoms with Crippen molar-refractivity contribution in [2.24, 2.45) is 0 Å². The van der Waals surface area contributed by atoms with Gasteiger partial charge in [-0.05, 0) is 55.5 Å². The van der Waals surface area contributed by atoms with Crippen LogP contribution >= 0.6 is 0 Å². The van der Waals surface area contributed by atoms with Gasteiger partial charge in [-0.2, -0.15) is 0 Å². The number of methoxy groups -OCH3 is 2. The Morgan fingerprint density at radius 3 is 1.88 bits per heavy atom. The molecule has 2 aromatic carbocycles. The number of nitrogens with one attached hydrogen (secondary N) is 1. The van der Waals surface area contributed by atoms with Gasteiger partial charge >= 0.3 is 5.97 Å². The standard InChI is InChI=1S/C18H19NO5/c1-12(18(21)23-3)19-17(20)13-4-6-15(7-5-13)24-16-10-8-14(22-2)9-11-16/h4-12H,1-3H3,(H,19,20)/t12-/m1/s1. The highest BCUT2D eigenvalue weighted by Gasteiger charge is 2.16. The molecular formula is C18H19NO5. The molecule has 0 saturated heterocycles. The summed E-state index contributed by atoms with van der Waals surface area (Å²) in [7, 11) is 2.87. The Kier molecular flexibility index (Phi) is 5.78. The molecule has 0 radical (unpaired) electrons. The Labute approximate surface area is 140 Å². The van der Waals surface area contributed by atoms with Crippen LogP contribution in [0.25, 0.3) is 0 Å². The van der Waals surface area contributed by atoms with Gasteiger partial charge in [0.25, 0.3) is 5.91 Å². The van der Waals surface area contributed by atoms with E-state index in [9.17, 15) is 9.59 Å². The van der Waals surface area contributed by atoms with E-state index >= 15 is 0 Å². The molecule has 1 amide bonds. The molecule has 0 aliphatic heterocycles. The van der Waals surface area contributed by atoms with E-state index in [1.807, 2.05) is 0 Å². The third kappa shape index (κ3) is 4.49. The summed E-state index contributed by atoms with van der Waals surface area (Å²) >= 11 is 0. The van der Waals surface area contributed by atoms with Crippen molar-refractivity contribution in [3.05, 3.63) is 54.1 Å². The Hall–Kier alpha value is -3.02. The van der Waals surface area contributed by atoms with Gasteiger partial charge in [0.05, 0.1) is 14.2 Å². The van der Waals surface area contributed by atoms with Crippen LogP contribution < -0.4 is 14.8 Å². The number of esters is 1. The maximum absolute atomic E-state index is 12.0. The largest absolute Gasteiger partial charge is 0.497 e. The third-order valence-electron chi connectivity index (χ3n) is 3.31. The minimum Gasteiger partial charge on any atom is -0.497 e. The van der Waals surface area contributed by atoms with Gasteiger partial charge in [0, 0.05) is 5.56 Å².